The summed E-state index contributed by atoms with van der Waals surface area (Å²) in [6, 6.07) is 6.61. The maximum atomic E-state index is 11.4. The number of aromatic carboxylic acids is 1. The van der Waals surface area contributed by atoms with Gasteiger partial charge in [-0.2, -0.15) is 0 Å². The van der Waals surface area contributed by atoms with Crippen molar-refractivity contribution in [2.24, 2.45) is 0 Å². The van der Waals surface area contributed by atoms with Crippen LogP contribution in [-0.2, 0) is 6.61 Å². The van der Waals surface area contributed by atoms with E-state index in [-0.39, 0.29) is 23.6 Å². The quantitative estimate of drug-likeness (QED) is 0.658. The van der Waals surface area contributed by atoms with Crippen LogP contribution in [0.4, 0.5) is 5.69 Å². The predicted octanol–water partition coefficient (Wildman–Crippen LogP) is 4.11. The first kappa shape index (κ1) is 17.5. The van der Waals surface area contributed by atoms with Crippen molar-refractivity contribution in [1.82, 2.24) is 0 Å². The van der Waals surface area contributed by atoms with E-state index in [1.54, 1.807) is 39.0 Å². The van der Waals surface area contributed by atoms with Crippen molar-refractivity contribution in [3.63, 3.8) is 0 Å². The lowest BCUT2D eigenvalue weighted by Gasteiger charge is -2.13. The van der Waals surface area contributed by atoms with E-state index >= 15 is 0 Å². The van der Waals surface area contributed by atoms with Crippen molar-refractivity contribution in [3.8, 4) is 5.75 Å². The second kappa shape index (κ2) is 6.70. The lowest BCUT2D eigenvalue weighted by Crippen LogP contribution is -2.08. The molecule has 1 N–H and O–H groups in total. The van der Waals surface area contributed by atoms with Crippen molar-refractivity contribution < 1.29 is 19.6 Å². The van der Waals surface area contributed by atoms with Crippen LogP contribution in [0.1, 0.15) is 38.2 Å². The second-order valence-electron chi connectivity index (χ2n) is 5.80. The Morgan fingerprint density at radius 2 is 1.75 bits per heavy atom. The van der Waals surface area contributed by atoms with E-state index < -0.39 is 10.9 Å². The van der Waals surface area contributed by atoms with Gasteiger partial charge < -0.3 is 9.84 Å². The fourth-order valence-electron chi connectivity index (χ4n) is 2.56. The van der Waals surface area contributed by atoms with Crippen LogP contribution in [0.2, 0.25) is 0 Å². The van der Waals surface area contributed by atoms with Gasteiger partial charge in [-0.25, -0.2) is 4.79 Å². The molecule has 0 spiro atoms. The van der Waals surface area contributed by atoms with Gasteiger partial charge in [0.15, 0.2) is 5.75 Å². The van der Waals surface area contributed by atoms with Gasteiger partial charge in [-0.15, -0.1) is 0 Å². The maximum Gasteiger partial charge on any atom is 0.336 e. The van der Waals surface area contributed by atoms with Gasteiger partial charge >= 0.3 is 11.7 Å². The highest BCUT2D eigenvalue weighted by Gasteiger charge is 2.18. The molecule has 0 aliphatic rings. The van der Waals surface area contributed by atoms with Crippen molar-refractivity contribution in [2.75, 3.05) is 0 Å². The fraction of sp³-hybridized carbons (Fsp3) is 0.278. The standard InChI is InChI=1S/C18H19NO5/c1-10-5-6-14(13(4)17(10)18(20)21)9-24-16-8-12(3)11(2)7-15(16)19(22)23/h5-8H,9H2,1-4H3,(H,20,21). The molecular formula is C18H19NO5. The number of hydrogen-bond acceptors (Lipinski definition) is 4. The third-order valence-corrected chi connectivity index (χ3v) is 4.15. The van der Waals surface area contributed by atoms with Crippen molar-refractivity contribution in [3.05, 3.63) is 67.8 Å². The maximum absolute atomic E-state index is 11.4. The molecule has 6 nitrogen and oxygen atoms in total. The molecule has 0 atom stereocenters. The lowest BCUT2D eigenvalue weighted by atomic mass is 9.98. The molecule has 0 unspecified atom stereocenters. The summed E-state index contributed by atoms with van der Waals surface area (Å²) in [6.45, 7) is 7.16. The number of carboxylic acid groups (broad SMARTS) is 1. The van der Waals surface area contributed by atoms with Crippen molar-refractivity contribution in [2.45, 2.75) is 34.3 Å². The number of carboxylic acids is 1. The van der Waals surface area contributed by atoms with E-state index in [0.29, 0.717) is 16.7 Å². The topological polar surface area (TPSA) is 89.7 Å². The Morgan fingerprint density at radius 1 is 1.12 bits per heavy atom. The van der Waals surface area contributed by atoms with Gasteiger partial charge in [0.25, 0.3) is 0 Å². The Balaban J connectivity index is 2.36. The Kier molecular flexibility index (Phi) is 4.87. The third kappa shape index (κ3) is 3.37. The first-order chi connectivity index (χ1) is 11.2. The monoisotopic (exact) mass is 329 g/mol. The minimum Gasteiger partial charge on any atom is -0.482 e. The summed E-state index contributed by atoms with van der Waals surface area (Å²) in [7, 11) is 0. The Hall–Kier alpha value is -2.89. The molecule has 0 aliphatic heterocycles. The summed E-state index contributed by atoms with van der Waals surface area (Å²) in [4.78, 5) is 22.1. The van der Waals surface area contributed by atoms with E-state index in [2.05, 4.69) is 0 Å². The normalized spacial score (nSPS) is 10.5. The van der Waals surface area contributed by atoms with Crippen molar-refractivity contribution in [1.29, 1.82) is 0 Å². The number of nitrogens with zero attached hydrogens (tertiary/aromatic N) is 1. The number of benzene rings is 2. The van der Waals surface area contributed by atoms with E-state index in [0.717, 1.165) is 11.1 Å². The number of ether oxygens (including phenoxy) is 1. The van der Waals surface area contributed by atoms with Crippen LogP contribution < -0.4 is 4.74 Å². The summed E-state index contributed by atoms with van der Waals surface area (Å²) >= 11 is 0. The molecule has 0 saturated heterocycles. The third-order valence-electron chi connectivity index (χ3n) is 4.15. The largest absolute Gasteiger partial charge is 0.482 e. The van der Waals surface area contributed by atoms with Gasteiger partial charge in [-0.3, -0.25) is 10.1 Å². The molecular weight excluding hydrogens is 310 g/mol. The molecule has 0 heterocycles. The highest BCUT2D eigenvalue weighted by atomic mass is 16.6. The Labute approximate surface area is 139 Å². The lowest BCUT2D eigenvalue weighted by molar-refractivity contribution is -0.386. The van der Waals surface area contributed by atoms with Crippen LogP contribution in [0.3, 0.4) is 0 Å². The molecule has 0 bridgehead atoms. The van der Waals surface area contributed by atoms with Crippen LogP contribution in [0, 0.1) is 37.8 Å². The smallest absolute Gasteiger partial charge is 0.336 e. The van der Waals surface area contributed by atoms with E-state index in [1.165, 1.54) is 6.07 Å². The second-order valence-corrected chi connectivity index (χ2v) is 5.80. The van der Waals surface area contributed by atoms with E-state index in [4.69, 9.17) is 4.74 Å². The number of rotatable bonds is 5. The van der Waals surface area contributed by atoms with Gasteiger partial charge in [-0.1, -0.05) is 12.1 Å². The molecule has 2 aromatic rings. The molecule has 0 radical (unpaired) electrons. The van der Waals surface area contributed by atoms with Crippen LogP contribution >= 0.6 is 0 Å². The van der Waals surface area contributed by atoms with Gasteiger partial charge in [0, 0.05) is 6.07 Å². The SMILES string of the molecule is Cc1cc(OCc2ccc(C)c(C(=O)O)c2C)c([N+](=O)[O-])cc1C. The van der Waals surface area contributed by atoms with Gasteiger partial charge in [-0.05, 0) is 61.6 Å². The van der Waals surface area contributed by atoms with Crippen LogP contribution in [0.25, 0.3) is 0 Å². The van der Waals surface area contributed by atoms with Gasteiger partial charge in [0.2, 0.25) is 0 Å². The minimum atomic E-state index is -0.996. The minimum absolute atomic E-state index is 0.0652. The molecule has 126 valence electrons. The molecule has 0 aliphatic carbocycles. The zero-order valence-electron chi connectivity index (χ0n) is 14.0. The zero-order chi connectivity index (χ0) is 18.0. The van der Waals surface area contributed by atoms with E-state index in [9.17, 15) is 20.0 Å². The summed E-state index contributed by atoms with van der Waals surface area (Å²) in [5.74, 6) is -0.816. The Morgan fingerprint density at radius 3 is 2.33 bits per heavy atom. The van der Waals surface area contributed by atoms with Crippen LogP contribution in [-0.4, -0.2) is 16.0 Å². The molecule has 2 aromatic carbocycles. The molecule has 0 aromatic heterocycles. The summed E-state index contributed by atoms with van der Waals surface area (Å²) in [6.07, 6.45) is 0. The molecule has 24 heavy (non-hydrogen) atoms. The number of nitro groups is 1. The highest BCUT2D eigenvalue weighted by Crippen LogP contribution is 2.31. The number of carbonyl (C=O) groups is 1. The summed E-state index contributed by atoms with van der Waals surface area (Å²) in [5, 5.41) is 20.5. The highest BCUT2D eigenvalue weighted by molar-refractivity contribution is 5.91. The molecule has 2 rings (SSSR count). The number of hydrogen-bond donors (Lipinski definition) is 1. The average Bonchev–Trinajstić information content (AvgIpc) is 2.49. The predicted molar refractivity (Wildman–Crippen MR) is 89.8 cm³/mol. The molecule has 0 saturated carbocycles. The van der Waals surface area contributed by atoms with Gasteiger partial charge in [0.05, 0.1) is 10.5 Å². The summed E-state index contributed by atoms with van der Waals surface area (Å²) in [5.41, 5.74) is 3.81. The zero-order valence-corrected chi connectivity index (χ0v) is 14.0. The Bertz CT molecular complexity index is 827. The first-order valence-electron chi connectivity index (χ1n) is 7.43. The van der Waals surface area contributed by atoms with Crippen molar-refractivity contribution >= 4 is 11.7 Å². The summed E-state index contributed by atoms with van der Waals surface area (Å²) < 4.78 is 5.64. The molecule has 0 fully saturated rings. The fourth-order valence-corrected chi connectivity index (χ4v) is 2.56. The number of nitro benzene ring substituents is 1. The van der Waals surface area contributed by atoms with E-state index in [1.807, 2.05) is 6.92 Å². The average molecular weight is 329 g/mol. The molecule has 6 heteroatoms. The number of aryl methyl sites for hydroxylation is 3. The van der Waals surface area contributed by atoms with Crippen LogP contribution in [0.15, 0.2) is 24.3 Å². The first-order valence-corrected chi connectivity index (χ1v) is 7.43. The molecule has 0 amide bonds. The van der Waals surface area contributed by atoms with Gasteiger partial charge in [0.1, 0.15) is 6.61 Å². The van der Waals surface area contributed by atoms with Crippen LogP contribution in [0.5, 0.6) is 5.75 Å².